The molecular weight excluding hydrogens is 184 g/mol. The second-order valence-corrected chi connectivity index (χ2v) is 4.97. The molecule has 1 aromatic heterocycles. The van der Waals surface area contributed by atoms with E-state index in [4.69, 9.17) is 0 Å². The first-order valence-electron chi connectivity index (χ1n) is 4.41. The number of aliphatic hydroxyl groups is 1. The summed E-state index contributed by atoms with van der Waals surface area (Å²) in [7, 11) is 0. The van der Waals surface area contributed by atoms with Crippen molar-refractivity contribution in [3.8, 4) is 0 Å². The molecule has 3 nitrogen and oxygen atoms in total. The molecule has 1 saturated heterocycles. The molecule has 0 aliphatic carbocycles. The fraction of sp³-hybridized carbons (Fsp3) is 0.667. The van der Waals surface area contributed by atoms with E-state index in [1.165, 1.54) is 0 Å². The highest BCUT2D eigenvalue weighted by molar-refractivity contribution is 7.09. The van der Waals surface area contributed by atoms with Crippen molar-refractivity contribution >= 4 is 11.3 Å². The van der Waals surface area contributed by atoms with Crippen molar-refractivity contribution in [3.05, 3.63) is 16.1 Å². The van der Waals surface area contributed by atoms with Gasteiger partial charge in [-0.2, -0.15) is 0 Å². The van der Waals surface area contributed by atoms with Crippen molar-refractivity contribution in [1.82, 2.24) is 9.88 Å². The van der Waals surface area contributed by atoms with E-state index in [2.05, 4.69) is 15.3 Å². The summed E-state index contributed by atoms with van der Waals surface area (Å²) >= 11 is 1.69. The number of rotatable bonds is 2. The van der Waals surface area contributed by atoms with Gasteiger partial charge in [-0.15, -0.1) is 11.3 Å². The fourth-order valence-corrected chi connectivity index (χ4v) is 2.51. The van der Waals surface area contributed by atoms with E-state index in [1.807, 2.05) is 13.8 Å². The molecule has 0 bridgehead atoms. The van der Waals surface area contributed by atoms with Gasteiger partial charge in [-0.3, -0.25) is 4.90 Å². The smallest absolute Gasteiger partial charge is 0.107 e. The Bertz CT molecular complexity index is 300. The maximum Gasteiger partial charge on any atom is 0.107 e. The first-order valence-corrected chi connectivity index (χ1v) is 5.29. The number of likely N-dealkylation sites (tertiary alicyclic amines) is 1. The van der Waals surface area contributed by atoms with Gasteiger partial charge in [-0.05, 0) is 13.8 Å². The van der Waals surface area contributed by atoms with Gasteiger partial charge in [0.25, 0.3) is 0 Å². The number of β-amino-alcohol motifs (C(OH)–C–C–N with tert-alkyl or cyclic N) is 1. The Labute approximate surface area is 82.0 Å². The zero-order valence-corrected chi connectivity index (χ0v) is 8.77. The number of aromatic nitrogens is 1. The number of thiazole rings is 1. The standard InChI is InChI=1S/C9H14N2OS/c1-7-4-13-8(10-7)3-11-5-9(2,12)6-11/h4,12H,3,5-6H2,1-2H3. The molecule has 1 aliphatic rings. The molecule has 1 fully saturated rings. The van der Waals surface area contributed by atoms with Gasteiger partial charge in [-0.25, -0.2) is 4.98 Å². The molecule has 1 aromatic rings. The van der Waals surface area contributed by atoms with E-state index < -0.39 is 5.60 Å². The third-order valence-electron chi connectivity index (χ3n) is 2.15. The van der Waals surface area contributed by atoms with Gasteiger partial charge in [0.2, 0.25) is 0 Å². The van der Waals surface area contributed by atoms with Gasteiger partial charge in [0.05, 0.1) is 12.1 Å². The van der Waals surface area contributed by atoms with Crippen LogP contribution in [0.2, 0.25) is 0 Å². The van der Waals surface area contributed by atoms with Crippen LogP contribution in [-0.2, 0) is 6.54 Å². The molecule has 0 spiro atoms. The van der Waals surface area contributed by atoms with Gasteiger partial charge in [0.1, 0.15) is 5.01 Å². The Hall–Kier alpha value is -0.450. The molecule has 0 unspecified atom stereocenters. The van der Waals surface area contributed by atoms with Crippen molar-refractivity contribution in [3.63, 3.8) is 0 Å². The third kappa shape index (κ3) is 2.07. The molecule has 2 rings (SSSR count). The maximum absolute atomic E-state index is 9.51. The second kappa shape index (κ2) is 3.04. The minimum absolute atomic E-state index is 0.466. The van der Waals surface area contributed by atoms with E-state index in [0.29, 0.717) is 0 Å². The highest BCUT2D eigenvalue weighted by atomic mass is 32.1. The predicted octanol–water partition coefficient (Wildman–Crippen LogP) is 1.02. The van der Waals surface area contributed by atoms with E-state index in [9.17, 15) is 5.11 Å². The van der Waals surface area contributed by atoms with Gasteiger partial charge < -0.3 is 5.11 Å². The molecule has 13 heavy (non-hydrogen) atoms. The van der Waals surface area contributed by atoms with Crippen molar-refractivity contribution in [2.24, 2.45) is 0 Å². The van der Waals surface area contributed by atoms with Gasteiger partial charge in [0.15, 0.2) is 0 Å². The van der Waals surface area contributed by atoms with Crippen LogP contribution in [0.3, 0.4) is 0 Å². The quantitative estimate of drug-likeness (QED) is 0.770. The number of hydrogen-bond donors (Lipinski definition) is 1. The Morgan fingerprint density at radius 1 is 1.69 bits per heavy atom. The molecule has 0 atom stereocenters. The van der Waals surface area contributed by atoms with Gasteiger partial charge in [0, 0.05) is 24.2 Å². The molecule has 4 heteroatoms. The summed E-state index contributed by atoms with van der Waals surface area (Å²) < 4.78 is 0. The minimum atomic E-state index is -0.466. The average Bonchev–Trinajstić information content (AvgIpc) is 2.31. The van der Waals surface area contributed by atoms with Crippen LogP contribution in [0.4, 0.5) is 0 Å². The molecule has 2 heterocycles. The number of nitrogens with zero attached hydrogens (tertiary/aromatic N) is 2. The van der Waals surface area contributed by atoms with Gasteiger partial charge >= 0.3 is 0 Å². The van der Waals surface area contributed by atoms with Crippen LogP contribution in [0.25, 0.3) is 0 Å². The SMILES string of the molecule is Cc1csc(CN2CC(C)(O)C2)n1. The molecule has 0 saturated carbocycles. The Kier molecular flexibility index (Phi) is 2.14. The topological polar surface area (TPSA) is 36.4 Å². The largest absolute Gasteiger partial charge is 0.388 e. The highest BCUT2D eigenvalue weighted by Crippen LogP contribution is 2.22. The van der Waals surface area contributed by atoms with Crippen LogP contribution in [0.1, 0.15) is 17.6 Å². The van der Waals surface area contributed by atoms with Crippen molar-refractivity contribution in [2.75, 3.05) is 13.1 Å². The lowest BCUT2D eigenvalue weighted by Crippen LogP contribution is -2.59. The highest BCUT2D eigenvalue weighted by Gasteiger charge is 2.36. The van der Waals surface area contributed by atoms with E-state index >= 15 is 0 Å². The lowest BCUT2D eigenvalue weighted by molar-refractivity contribution is -0.0871. The normalized spacial score (nSPS) is 21.5. The van der Waals surface area contributed by atoms with Crippen LogP contribution >= 0.6 is 11.3 Å². The summed E-state index contributed by atoms with van der Waals surface area (Å²) in [5.41, 5.74) is 0.624. The van der Waals surface area contributed by atoms with Crippen LogP contribution in [-0.4, -0.2) is 33.7 Å². The van der Waals surface area contributed by atoms with Crippen molar-refractivity contribution < 1.29 is 5.11 Å². The van der Waals surface area contributed by atoms with Crippen LogP contribution in [0.5, 0.6) is 0 Å². The summed E-state index contributed by atoms with van der Waals surface area (Å²) in [6.45, 7) is 6.30. The summed E-state index contributed by atoms with van der Waals surface area (Å²) in [5, 5.41) is 12.7. The number of aryl methyl sites for hydroxylation is 1. The summed E-state index contributed by atoms with van der Waals surface area (Å²) in [6.07, 6.45) is 0. The molecule has 72 valence electrons. The summed E-state index contributed by atoms with van der Waals surface area (Å²) in [4.78, 5) is 6.58. The average molecular weight is 198 g/mol. The van der Waals surface area contributed by atoms with Gasteiger partial charge in [-0.1, -0.05) is 0 Å². The Morgan fingerprint density at radius 2 is 2.38 bits per heavy atom. The molecule has 1 aliphatic heterocycles. The molecule has 0 amide bonds. The van der Waals surface area contributed by atoms with Crippen LogP contribution in [0, 0.1) is 6.92 Å². The first-order chi connectivity index (χ1) is 6.05. The molecule has 0 aromatic carbocycles. The maximum atomic E-state index is 9.51. The fourth-order valence-electron chi connectivity index (χ4n) is 1.70. The minimum Gasteiger partial charge on any atom is -0.388 e. The van der Waals surface area contributed by atoms with Crippen molar-refractivity contribution in [2.45, 2.75) is 26.0 Å². The summed E-state index contributed by atoms with van der Waals surface area (Å²) in [5.74, 6) is 0. The Balaban J connectivity index is 1.87. The third-order valence-corrected chi connectivity index (χ3v) is 3.11. The summed E-state index contributed by atoms with van der Waals surface area (Å²) in [6, 6.07) is 0. The second-order valence-electron chi connectivity index (χ2n) is 4.02. The first kappa shape index (κ1) is 9.12. The lowest BCUT2D eigenvalue weighted by atomic mass is 9.97. The van der Waals surface area contributed by atoms with Crippen molar-refractivity contribution in [1.29, 1.82) is 0 Å². The Morgan fingerprint density at radius 3 is 2.85 bits per heavy atom. The molecule has 1 N–H and O–H groups in total. The monoisotopic (exact) mass is 198 g/mol. The van der Waals surface area contributed by atoms with E-state index in [0.717, 1.165) is 30.3 Å². The van der Waals surface area contributed by atoms with E-state index in [-0.39, 0.29) is 0 Å². The number of hydrogen-bond acceptors (Lipinski definition) is 4. The molecular formula is C9H14N2OS. The molecule has 0 radical (unpaired) electrons. The lowest BCUT2D eigenvalue weighted by Gasteiger charge is -2.43. The van der Waals surface area contributed by atoms with E-state index in [1.54, 1.807) is 11.3 Å². The predicted molar refractivity (Wildman–Crippen MR) is 52.8 cm³/mol. The zero-order valence-electron chi connectivity index (χ0n) is 7.95. The van der Waals surface area contributed by atoms with Crippen LogP contribution in [0.15, 0.2) is 5.38 Å². The van der Waals surface area contributed by atoms with Crippen LogP contribution < -0.4 is 0 Å². The zero-order chi connectivity index (χ0) is 9.47.